The Labute approximate surface area is 182 Å². The lowest BCUT2D eigenvalue weighted by Crippen LogP contribution is -2.40. The lowest BCUT2D eigenvalue weighted by Gasteiger charge is -2.16. The molecule has 2 rings (SSSR count). The molecule has 0 atom stereocenters. The van der Waals surface area contributed by atoms with Gasteiger partial charge in [0.05, 0.1) is 22.8 Å². The fourth-order valence-electron chi connectivity index (χ4n) is 2.37. The van der Waals surface area contributed by atoms with Crippen molar-refractivity contribution in [3.63, 3.8) is 0 Å². The molecule has 13 heteroatoms. The molecule has 0 radical (unpaired) electrons. The highest BCUT2D eigenvalue weighted by atomic mass is 35.5. The lowest BCUT2D eigenvalue weighted by molar-refractivity contribution is -0.144. The molecule has 0 amide bonds. The maximum Gasteiger partial charge on any atom is 0.431 e. The lowest BCUT2D eigenvalue weighted by atomic mass is 10.2. The third-order valence-corrected chi connectivity index (χ3v) is 4.50. The second kappa shape index (κ2) is 9.19. The van der Waals surface area contributed by atoms with Gasteiger partial charge in [0.15, 0.2) is 0 Å². The molecule has 2 aromatic rings. The number of halogens is 5. The molecule has 0 N–H and O–H groups in total. The summed E-state index contributed by atoms with van der Waals surface area (Å²) in [5.41, 5.74) is -4.19. The van der Waals surface area contributed by atoms with Gasteiger partial charge in [0.1, 0.15) is 23.8 Å². The molecule has 1 heterocycles. The molecule has 0 saturated heterocycles. The van der Waals surface area contributed by atoms with Gasteiger partial charge in [0, 0.05) is 25.3 Å². The second-order valence-corrected chi connectivity index (χ2v) is 6.97. The van der Waals surface area contributed by atoms with Gasteiger partial charge >= 0.3 is 11.9 Å². The molecule has 162 valence electrons. The maximum absolute atomic E-state index is 13.0. The Morgan fingerprint density at radius 1 is 1.20 bits per heavy atom. The van der Waals surface area contributed by atoms with E-state index in [0.717, 1.165) is 25.3 Å². The summed E-state index contributed by atoms with van der Waals surface area (Å²) in [4.78, 5) is 35.8. The first kappa shape index (κ1) is 23.9. The van der Waals surface area contributed by atoms with Crippen molar-refractivity contribution >= 4 is 40.9 Å². The topological polar surface area (TPSA) is 79.5 Å². The van der Waals surface area contributed by atoms with Gasteiger partial charge < -0.3 is 9.47 Å². The predicted octanol–water partition coefficient (Wildman–Crippen LogP) is 3.23. The van der Waals surface area contributed by atoms with E-state index in [1.165, 1.54) is 7.11 Å². The van der Waals surface area contributed by atoms with Gasteiger partial charge in [0.2, 0.25) is 5.12 Å². The summed E-state index contributed by atoms with van der Waals surface area (Å²) < 4.78 is 50.2. The quantitative estimate of drug-likeness (QED) is 0.386. The number of carbonyl (C=O) groups is 1. The van der Waals surface area contributed by atoms with Crippen LogP contribution in [0.3, 0.4) is 0 Å². The minimum absolute atomic E-state index is 0.0202. The zero-order valence-corrected chi connectivity index (χ0v) is 17.7. The molecule has 0 saturated carbocycles. The summed E-state index contributed by atoms with van der Waals surface area (Å²) in [7, 11) is 2.15. The van der Waals surface area contributed by atoms with Crippen LogP contribution in [0.15, 0.2) is 39.6 Å². The fraction of sp³-hybridized carbons (Fsp3) is 0.235. The number of alkyl halides is 3. The standard InChI is InChI=1S/C17H13Cl2F3N2O5S/c1-23-13(17(20,21)22)6-14(25)24(16(23)27)11-5-12(10(19)4-9(11)18)29-7-8(28-2)3-15(26)30/h3-6H,7H2,1-2H3,(H,26,30)/b8-3-. The summed E-state index contributed by atoms with van der Waals surface area (Å²) in [6.07, 6.45) is -3.86. The van der Waals surface area contributed by atoms with Crippen LogP contribution in [0.25, 0.3) is 5.69 Å². The first-order chi connectivity index (χ1) is 13.9. The number of hydrogen-bond acceptors (Lipinski definition) is 5. The zero-order chi connectivity index (χ0) is 22.8. The third kappa shape index (κ3) is 5.21. The number of ether oxygens (including phenoxy) is 2. The van der Waals surface area contributed by atoms with E-state index in [4.69, 9.17) is 32.7 Å². The number of rotatable bonds is 6. The normalized spacial score (nSPS) is 12.1. The SMILES string of the molecule is CO/C(=C\C(=O)S)COc1cc(-n2c(=O)cc(C(F)(F)F)n(C)c2=O)c(Cl)cc1Cl. The summed E-state index contributed by atoms with van der Waals surface area (Å²) >= 11 is 15.7. The van der Waals surface area contributed by atoms with Crippen molar-refractivity contribution in [3.8, 4) is 11.4 Å². The fourth-order valence-corrected chi connectivity index (χ4v) is 3.03. The van der Waals surface area contributed by atoms with Gasteiger partial charge in [-0.1, -0.05) is 23.2 Å². The Balaban J connectivity index is 2.58. The summed E-state index contributed by atoms with van der Waals surface area (Å²) in [6.45, 7) is -0.274. The first-order valence-electron chi connectivity index (χ1n) is 7.86. The van der Waals surface area contributed by atoms with Gasteiger partial charge in [-0.3, -0.25) is 14.2 Å². The molecule has 0 fully saturated rings. The van der Waals surface area contributed by atoms with E-state index in [1.54, 1.807) is 0 Å². The number of benzene rings is 1. The van der Waals surface area contributed by atoms with Gasteiger partial charge in [0.25, 0.3) is 5.56 Å². The Morgan fingerprint density at radius 2 is 1.83 bits per heavy atom. The number of thiol groups is 1. The summed E-state index contributed by atoms with van der Waals surface area (Å²) in [6, 6.07) is 2.53. The van der Waals surface area contributed by atoms with Crippen LogP contribution in [0.2, 0.25) is 10.0 Å². The van der Waals surface area contributed by atoms with Crippen LogP contribution in [0.5, 0.6) is 5.75 Å². The Morgan fingerprint density at radius 3 is 2.37 bits per heavy atom. The van der Waals surface area contributed by atoms with Crippen LogP contribution < -0.4 is 16.0 Å². The van der Waals surface area contributed by atoms with Crippen LogP contribution in [0.1, 0.15) is 5.69 Å². The van der Waals surface area contributed by atoms with E-state index in [0.29, 0.717) is 4.57 Å². The number of nitrogens with zero attached hydrogens (tertiary/aromatic N) is 2. The first-order valence-corrected chi connectivity index (χ1v) is 9.07. The van der Waals surface area contributed by atoms with Crippen LogP contribution in [-0.2, 0) is 22.8 Å². The Hall–Kier alpha value is -2.37. The monoisotopic (exact) mass is 484 g/mol. The van der Waals surface area contributed by atoms with E-state index in [9.17, 15) is 27.6 Å². The van der Waals surface area contributed by atoms with Crippen LogP contribution in [0, 0.1) is 0 Å². The molecule has 0 bridgehead atoms. The Bertz CT molecular complexity index is 1140. The van der Waals surface area contributed by atoms with Gasteiger partial charge in [-0.05, 0) is 6.07 Å². The largest absolute Gasteiger partial charge is 0.497 e. The van der Waals surface area contributed by atoms with Gasteiger partial charge in [-0.25, -0.2) is 9.36 Å². The smallest absolute Gasteiger partial charge is 0.431 e. The van der Waals surface area contributed by atoms with Gasteiger partial charge in [-0.15, -0.1) is 12.6 Å². The van der Waals surface area contributed by atoms with Crippen LogP contribution in [0.4, 0.5) is 13.2 Å². The van der Waals surface area contributed by atoms with E-state index in [-0.39, 0.29) is 44.5 Å². The highest BCUT2D eigenvalue weighted by Gasteiger charge is 2.35. The zero-order valence-electron chi connectivity index (χ0n) is 15.3. The molecular formula is C17H13Cl2F3N2O5S. The highest BCUT2D eigenvalue weighted by molar-refractivity contribution is 7.97. The number of methoxy groups -OCH3 is 1. The molecule has 0 aliphatic rings. The average Bonchev–Trinajstić information content (AvgIpc) is 2.63. The maximum atomic E-state index is 13.0. The van der Waals surface area contributed by atoms with E-state index >= 15 is 0 Å². The summed E-state index contributed by atoms with van der Waals surface area (Å²) in [5.74, 6) is 0.0182. The van der Waals surface area contributed by atoms with E-state index < -0.39 is 28.2 Å². The van der Waals surface area contributed by atoms with Crippen molar-refractivity contribution in [1.82, 2.24) is 9.13 Å². The van der Waals surface area contributed by atoms with Crippen molar-refractivity contribution in [2.24, 2.45) is 7.05 Å². The van der Waals surface area contributed by atoms with E-state index in [1.807, 2.05) is 0 Å². The van der Waals surface area contributed by atoms with Crippen LogP contribution >= 0.6 is 35.8 Å². The second-order valence-electron chi connectivity index (χ2n) is 5.72. The van der Waals surface area contributed by atoms with Crippen molar-refractivity contribution in [2.75, 3.05) is 13.7 Å². The molecule has 0 spiro atoms. The van der Waals surface area contributed by atoms with Gasteiger partial charge in [-0.2, -0.15) is 13.2 Å². The van der Waals surface area contributed by atoms with Crippen molar-refractivity contribution in [1.29, 1.82) is 0 Å². The molecule has 1 aromatic heterocycles. The molecule has 0 aliphatic carbocycles. The number of carbonyl (C=O) groups excluding carboxylic acids is 1. The number of aromatic nitrogens is 2. The highest BCUT2D eigenvalue weighted by Crippen LogP contribution is 2.33. The average molecular weight is 485 g/mol. The minimum Gasteiger partial charge on any atom is -0.497 e. The van der Waals surface area contributed by atoms with Crippen molar-refractivity contribution in [3.05, 3.63) is 66.6 Å². The van der Waals surface area contributed by atoms with Crippen LogP contribution in [-0.4, -0.2) is 28.0 Å². The van der Waals surface area contributed by atoms with E-state index in [2.05, 4.69) is 12.6 Å². The molecule has 0 unspecified atom stereocenters. The Kier molecular flexibility index (Phi) is 7.32. The predicted molar refractivity (Wildman–Crippen MR) is 107 cm³/mol. The molecule has 0 aliphatic heterocycles. The molecule has 1 aromatic carbocycles. The summed E-state index contributed by atoms with van der Waals surface area (Å²) in [5, 5.41) is -0.800. The molecule has 30 heavy (non-hydrogen) atoms. The third-order valence-electron chi connectivity index (χ3n) is 3.77. The number of hydrogen-bond donors (Lipinski definition) is 1. The van der Waals surface area contributed by atoms with Crippen molar-refractivity contribution < 1.29 is 27.4 Å². The van der Waals surface area contributed by atoms with Crippen molar-refractivity contribution in [2.45, 2.75) is 6.18 Å². The minimum atomic E-state index is -4.91. The molecule has 7 nitrogen and oxygen atoms in total. The molecular weight excluding hydrogens is 472 g/mol.